The van der Waals surface area contributed by atoms with Gasteiger partial charge >= 0.3 is 0 Å². The second kappa shape index (κ2) is 10.7. The summed E-state index contributed by atoms with van der Waals surface area (Å²) in [7, 11) is 5.24. The second-order valence-electron chi connectivity index (χ2n) is 6.06. The number of rotatable bonds is 5. The van der Waals surface area contributed by atoms with E-state index in [-0.39, 0.29) is 54.4 Å². The van der Waals surface area contributed by atoms with E-state index < -0.39 is 0 Å². The van der Waals surface area contributed by atoms with E-state index in [4.69, 9.17) is 0 Å². The Kier molecular flexibility index (Phi) is 10.2. The van der Waals surface area contributed by atoms with Crippen molar-refractivity contribution in [1.82, 2.24) is 20.4 Å². The number of nitrogens with zero attached hydrogens (tertiary/aromatic N) is 3. The minimum absolute atomic E-state index is 0. The van der Waals surface area contributed by atoms with Crippen LogP contribution >= 0.6 is 24.0 Å². The van der Waals surface area contributed by atoms with E-state index in [1.807, 2.05) is 7.05 Å². The van der Waals surface area contributed by atoms with Crippen LogP contribution in [-0.4, -0.2) is 73.9 Å². The summed E-state index contributed by atoms with van der Waals surface area (Å²) in [5, 5.41) is 6.64. The number of nitrogens with one attached hydrogen (secondary N) is 2. The van der Waals surface area contributed by atoms with E-state index in [1.165, 1.54) is 4.90 Å². The predicted octanol–water partition coefficient (Wildman–Crippen LogP) is 0.647. The lowest BCUT2D eigenvalue weighted by Crippen LogP contribution is -2.53. The lowest BCUT2D eigenvalue weighted by Gasteiger charge is -2.31. The van der Waals surface area contributed by atoms with Gasteiger partial charge in [0.05, 0.1) is 0 Å². The Morgan fingerprint density at radius 3 is 2.65 bits per heavy atom. The van der Waals surface area contributed by atoms with E-state index in [9.17, 15) is 9.59 Å². The van der Waals surface area contributed by atoms with Crippen molar-refractivity contribution < 1.29 is 9.59 Å². The molecule has 1 fully saturated rings. The fraction of sp³-hybridized carbons (Fsp3) is 0.800. The molecule has 0 aliphatic carbocycles. The molecule has 1 aliphatic rings. The molecule has 2 N–H and O–H groups in total. The summed E-state index contributed by atoms with van der Waals surface area (Å²) < 4.78 is 0. The van der Waals surface area contributed by atoms with Crippen molar-refractivity contribution in [2.24, 2.45) is 4.99 Å². The summed E-state index contributed by atoms with van der Waals surface area (Å²) in [4.78, 5) is 30.9. The summed E-state index contributed by atoms with van der Waals surface area (Å²) in [5.41, 5.74) is 0. The van der Waals surface area contributed by atoms with Crippen LogP contribution in [0.2, 0.25) is 0 Å². The molecule has 23 heavy (non-hydrogen) atoms. The molecule has 0 spiro atoms. The van der Waals surface area contributed by atoms with Crippen LogP contribution < -0.4 is 10.6 Å². The maximum absolute atomic E-state index is 11.7. The Bertz CT molecular complexity index is 428. The van der Waals surface area contributed by atoms with Gasteiger partial charge in [-0.25, -0.2) is 4.99 Å². The molecule has 2 atom stereocenters. The Morgan fingerprint density at radius 1 is 1.48 bits per heavy atom. The predicted molar refractivity (Wildman–Crippen MR) is 103 cm³/mol. The van der Waals surface area contributed by atoms with Gasteiger partial charge in [-0.2, -0.15) is 0 Å². The van der Waals surface area contributed by atoms with Crippen LogP contribution in [0.25, 0.3) is 0 Å². The zero-order chi connectivity index (χ0) is 16.7. The monoisotopic (exact) mass is 439 g/mol. The lowest BCUT2D eigenvalue weighted by atomic mass is 10.1. The molecule has 0 saturated carbocycles. The topological polar surface area (TPSA) is 77.0 Å². The number of carbonyl (C=O) groups is 2. The van der Waals surface area contributed by atoms with Crippen molar-refractivity contribution in [3.63, 3.8) is 0 Å². The Balaban J connectivity index is 0.00000484. The quantitative estimate of drug-likeness (QED) is 0.375. The zero-order valence-corrected chi connectivity index (χ0v) is 17.1. The standard InChI is InChI=1S/C15H29N5O2.HI/c1-6-11(2)17-15(16-9-14(22)19(3)4)18-12-7-8-13(21)20(5)10-12;/h11-12H,6-10H2,1-5H3,(H2,16,17,18);1H. The van der Waals surface area contributed by atoms with Gasteiger partial charge in [-0.15, -0.1) is 24.0 Å². The van der Waals surface area contributed by atoms with E-state index >= 15 is 0 Å². The van der Waals surface area contributed by atoms with Crippen molar-refractivity contribution in [2.75, 3.05) is 34.2 Å². The van der Waals surface area contributed by atoms with Gasteiger partial charge in [-0.3, -0.25) is 9.59 Å². The van der Waals surface area contributed by atoms with Crippen molar-refractivity contribution in [3.8, 4) is 0 Å². The first kappa shape index (κ1) is 21.9. The fourth-order valence-electron chi connectivity index (χ4n) is 2.08. The first-order valence-electron chi connectivity index (χ1n) is 7.85. The highest BCUT2D eigenvalue weighted by Gasteiger charge is 2.23. The van der Waals surface area contributed by atoms with E-state index in [1.54, 1.807) is 19.0 Å². The number of aliphatic imine (C=N–C) groups is 1. The van der Waals surface area contributed by atoms with E-state index in [2.05, 4.69) is 29.5 Å². The van der Waals surface area contributed by atoms with Crippen LogP contribution in [-0.2, 0) is 9.59 Å². The van der Waals surface area contributed by atoms with Gasteiger partial charge in [0.15, 0.2) is 5.96 Å². The summed E-state index contributed by atoms with van der Waals surface area (Å²) in [6, 6.07) is 0.427. The molecule has 1 rings (SSSR count). The average Bonchev–Trinajstić information content (AvgIpc) is 2.47. The van der Waals surface area contributed by atoms with Gasteiger partial charge in [-0.05, 0) is 19.8 Å². The molecule has 0 aromatic heterocycles. The summed E-state index contributed by atoms with van der Waals surface area (Å²) in [6.07, 6.45) is 2.29. The number of halogens is 1. The smallest absolute Gasteiger partial charge is 0.243 e. The molecule has 0 aromatic carbocycles. The number of likely N-dealkylation sites (tertiary alicyclic amines) is 1. The fourth-order valence-corrected chi connectivity index (χ4v) is 2.08. The van der Waals surface area contributed by atoms with Gasteiger partial charge < -0.3 is 20.4 Å². The summed E-state index contributed by atoms with van der Waals surface area (Å²) in [5.74, 6) is 0.771. The minimum atomic E-state index is -0.0406. The molecule has 2 unspecified atom stereocenters. The first-order chi connectivity index (χ1) is 10.3. The van der Waals surface area contributed by atoms with Gasteiger partial charge in [0, 0.05) is 46.2 Å². The summed E-state index contributed by atoms with van der Waals surface area (Å²) >= 11 is 0. The van der Waals surface area contributed by atoms with Gasteiger partial charge in [0.1, 0.15) is 6.54 Å². The normalized spacial score (nSPS) is 19.7. The van der Waals surface area contributed by atoms with Crippen LogP contribution in [0.15, 0.2) is 4.99 Å². The van der Waals surface area contributed by atoms with E-state index in [0.29, 0.717) is 18.9 Å². The molecule has 7 nitrogen and oxygen atoms in total. The third-order valence-corrected chi connectivity index (χ3v) is 3.83. The van der Waals surface area contributed by atoms with Crippen LogP contribution in [0.5, 0.6) is 0 Å². The van der Waals surface area contributed by atoms with Gasteiger partial charge in [0.2, 0.25) is 11.8 Å². The number of amides is 2. The molecule has 0 aromatic rings. The third-order valence-electron chi connectivity index (χ3n) is 3.83. The zero-order valence-electron chi connectivity index (χ0n) is 14.8. The minimum Gasteiger partial charge on any atom is -0.354 e. The highest BCUT2D eigenvalue weighted by atomic mass is 127. The highest BCUT2D eigenvalue weighted by molar-refractivity contribution is 14.0. The van der Waals surface area contributed by atoms with Crippen molar-refractivity contribution in [2.45, 2.75) is 45.2 Å². The van der Waals surface area contributed by atoms with Crippen LogP contribution in [0.1, 0.15) is 33.1 Å². The average molecular weight is 439 g/mol. The number of piperidine rings is 1. The molecule has 1 saturated heterocycles. The molecule has 0 radical (unpaired) electrons. The van der Waals surface area contributed by atoms with Crippen LogP contribution in [0, 0.1) is 0 Å². The maximum atomic E-state index is 11.7. The Labute approximate surface area is 156 Å². The molecule has 8 heteroatoms. The molecule has 134 valence electrons. The number of hydrogen-bond acceptors (Lipinski definition) is 3. The molecular formula is C15H30IN5O2. The second-order valence-corrected chi connectivity index (χ2v) is 6.06. The molecule has 0 bridgehead atoms. The number of hydrogen-bond donors (Lipinski definition) is 2. The van der Waals surface area contributed by atoms with Gasteiger partial charge in [-0.1, -0.05) is 6.92 Å². The molecule has 2 amide bonds. The number of carbonyl (C=O) groups excluding carboxylic acids is 2. The maximum Gasteiger partial charge on any atom is 0.243 e. The number of likely N-dealkylation sites (N-methyl/N-ethyl adjacent to an activating group) is 2. The van der Waals surface area contributed by atoms with Crippen molar-refractivity contribution in [1.29, 1.82) is 0 Å². The molecule has 1 heterocycles. The SMILES string of the molecule is CCC(C)NC(=NCC(=O)N(C)C)NC1CCC(=O)N(C)C1.I. The van der Waals surface area contributed by atoms with Crippen LogP contribution in [0.3, 0.4) is 0 Å². The first-order valence-corrected chi connectivity index (χ1v) is 7.85. The summed E-state index contributed by atoms with van der Waals surface area (Å²) in [6.45, 7) is 4.93. The Hall–Kier alpha value is -1.06. The van der Waals surface area contributed by atoms with Crippen LogP contribution in [0.4, 0.5) is 0 Å². The van der Waals surface area contributed by atoms with E-state index in [0.717, 1.165) is 12.8 Å². The largest absolute Gasteiger partial charge is 0.354 e. The third kappa shape index (κ3) is 7.85. The number of guanidine groups is 1. The van der Waals surface area contributed by atoms with Gasteiger partial charge in [0.25, 0.3) is 0 Å². The molecular weight excluding hydrogens is 409 g/mol. The Morgan fingerprint density at radius 2 is 2.13 bits per heavy atom. The lowest BCUT2D eigenvalue weighted by molar-refractivity contribution is -0.132. The molecule has 1 aliphatic heterocycles. The highest BCUT2D eigenvalue weighted by Crippen LogP contribution is 2.09. The van der Waals surface area contributed by atoms with Crippen molar-refractivity contribution in [3.05, 3.63) is 0 Å². The van der Waals surface area contributed by atoms with Crippen molar-refractivity contribution >= 4 is 41.8 Å².